The Labute approximate surface area is 127 Å². The third kappa shape index (κ3) is 3.76. The summed E-state index contributed by atoms with van der Waals surface area (Å²) in [4.78, 5) is 12.0. The Morgan fingerprint density at radius 3 is 2.33 bits per heavy atom. The minimum atomic E-state index is -0.828. The molecule has 0 spiro atoms. The smallest absolute Gasteiger partial charge is 0.242 e. The number of carbonyl (C=O) groups excluding carboxylic acids is 1. The van der Waals surface area contributed by atoms with E-state index in [0.29, 0.717) is 6.04 Å². The molecule has 1 saturated carbocycles. The third-order valence-electron chi connectivity index (χ3n) is 4.14. The van der Waals surface area contributed by atoms with Gasteiger partial charge in [-0.05, 0) is 51.3 Å². The summed E-state index contributed by atoms with van der Waals surface area (Å²) in [6.07, 6.45) is 4.78. The maximum Gasteiger partial charge on any atom is 0.242 e. The molecule has 1 aliphatic rings. The van der Waals surface area contributed by atoms with Gasteiger partial charge in [-0.3, -0.25) is 10.1 Å². The van der Waals surface area contributed by atoms with Gasteiger partial charge >= 0.3 is 0 Å². The standard InChI is InChI=1S/C17H26N2O2/c1-12(2)21-15-10-8-13(9-11-15)17(3,16(18)20)19-14-6-4-5-7-14/h8-12,14,19H,4-7H2,1-3H3,(H2,18,20). The lowest BCUT2D eigenvalue weighted by Gasteiger charge is -2.31. The first-order chi connectivity index (χ1) is 9.91. The summed E-state index contributed by atoms with van der Waals surface area (Å²) in [5, 5.41) is 3.45. The van der Waals surface area contributed by atoms with Crippen LogP contribution >= 0.6 is 0 Å². The van der Waals surface area contributed by atoms with Gasteiger partial charge in [0.05, 0.1) is 6.10 Å². The average Bonchev–Trinajstić information content (AvgIpc) is 2.91. The highest BCUT2D eigenvalue weighted by Crippen LogP contribution is 2.28. The molecule has 1 amide bonds. The van der Waals surface area contributed by atoms with Gasteiger partial charge in [0, 0.05) is 6.04 Å². The zero-order valence-electron chi connectivity index (χ0n) is 13.2. The van der Waals surface area contributed by atoms with E-state index < -0.39 is 5.54 Å². The molecule has 21 heavy (non-hydrogen) atoms. The molecule has 1 aromatic carbocycles. The van der Waals surface area contributed by atoms with Gasteiger partial charge in [-0.25, -0.2) is 0 Å². The molecule has 2 rings (SSSR count). The fourth-order valence-corrected chi connectivity index (χ4v) is 2.91. The number of benzene rings is 1. The molecule has 0 heterocycles. The Morgan fingerprint density at radius 2 is 1.86 bits per heavy atom. The molecule has 4 nitrogen and oxygen atoms in total. The van der Waals surface area contributed by atoms with Gasteiger partial charge in [0.2, 0.25) is 5.91 Å². The van der Waals surface area contributed by atoms with E-state index in [4.69, 9.17) is 10.5 Å². The van der Waals surface area contributed by atoms with Crippen LogP contribution in [0.25, 0.3) is 0 Å². The van der Waals surface area contributed by atoms with Crippen molar-refractivity contribution < 1.29 is 9.53 Å². The summed E-state index contributed by atoms with van der Waals surface area (Å²) in [5.41, 5.74) is 5.73. The van der Waals surface area contributed by atoms with Crippen molar-refractivity contribution in [2.24, 2.45) is 5.73 Å². The molecule has 1 aliphatic carbocycles. The molecule has 0 radical (unpaired) electrons. The number of carbonyl (C=O) groups is 1. The summed E-state index contributed by atoms with van der Waals surface area (Å²) < 4.78 is 5.64. The SMILES string of the molecule is CC(C)Oc1ccc(C(C)(NC2CCCC2)C(N)=O)cc1. The van der Waals surface area contributed by atoms with Crippen molar-refractivity contribution in [1.82, 2.24) is 5.32 Å². The first kappa shape index (κ1) is 15.8. The topological polar surface area (TPSA) is 64.3 Å². The van der Waals surface area contributed by atoms with E-state index in [1.54, 1.807) is 0 Å². The van der Waals surface area contributed by atoms with Crippen LogP contribution < -0.4 is 15.8 Å². The predicted octanol–water partition coefficient (Wildman–Crippen LogP) is 2.71. The molecule has 4 heteroatoms. The van der Waals surface area contributed by atoms with Gasteiger partial charge < -0.3 is 10.5 Å². The molecule has 3 N–H and O–H groups in total. The van der Waals surface area contributed by atoms with E-state index in [9.17, 15) is 4.79 Å². The van der Waals surface area contributed by atoms with Crippen molar-refractivity contribution in [2.45, 2.75) is 64.1 Å². The van der Waals surface area contributed by atoms with E-state index in [-0.39, 0.29) is 12.0 Å². The number of amides is 1. The summed E-state index contributed by atoms with van der Waals surface area (Å²) in [7, 11) is 0. The van der Waals surface area contributed by atoms with Gasteiger partial charge in [-0.1, -0.05) is 25.0 Å². The number of ether oxygens (including phenoxy) is 1. The van der Waals surface area contributed by atoms with Crippen LogP contribution in [0.4, 0.5) is 0 Å². The molecule has 0 saturated heterocycles. The van der Waals surface area contributed by atoms with Gasteiger partial charge in [0.15, 0.2) is 0 Å². The second kappa shape index (κ2) is 6.48. The van der Waals surface area contributed by atoms with Gasteiger partial charge in [-0.2, -0.15) is 0 Å². The van der Waals surface area contributed by atoms with E-state index >= 15 is 0 Å². The maximum atomic E-state index is 12.0. The largest absolute Gasteiger partial charge is 0.491 e. The van der Waals surface area contributed by atoms with Crippen molar-refractivity contribution in [1.29, 1.82) is 0 Å². The lowest BCUT2D eigenvalue weighted by atomic mass is 9.90. The quantitative estimate of drug-likeness (QED) is 0.846. The van der Waals surface area contributed by atoms with E-state index in [2.05, 4.69) is 5.32 Å². The molecule has 116 valence electrons. The number of hydrogen-bond donors (Lipinski definition) is 2. The highest BCUT2D eigenvalue weighted by molar-refractivity contribution is 5.85. The van der Waals surface area contributed by atoms with Gasteiger partial charge in [0.1, 0.15) is 11.3 Å². The predicted molar refractivity (Wildman–Crippen MR) is 84.1 cm³/mol. The molecule has 0 bridgehead atoms. The van der Waals surface area contributed by atoms with Crippen LogP contribution in [-0.2, 0) is 10.3 Å². The summed E-state index contributed by atoms with van der Waals surface area (Å²) in [5.74, 6) is 0.466. The van der Waals surface area contributed by atoms with E-state index in [1.165, 1.54) is 12.8 Å². The average molecular weight is 290 g/mol. The highest BCUT2D eigenvalue weighted by Gasteiger charge is 2.35. The summed E-state index contributed by atoms with van der Waals surface area (Å²) >= 11 is 0. The zero-order valence-corrected chi connectivity index (χ0v) is 13.2. The molecule has 0 aliphatic heterocycles. The Morgan fingerprint density at radius 1 is 1.29 bits per heavy atom. The van der Waals surface area contributed by atoms with Gasteiger partial charge in [-0.15, -0.1) is 0 Å². The van der Waals surface area contributed by atoms with Crippen LogP contribution in [0.15, 0.2) is 24.3 Å². The van der Waals surface area contributed by atoms with Crippen LogP contribution in [0.2, 0.25) is 0 Å². The number of hydrogen-bond acceptors (Lipinski definition) is 3. The van der Waals surface area contributed by atoms with Crippen LogP contribution in [0.1, 0.15) is 52.0 Å². The van der Waals surface area contributed by atoms with Gasteiger partial charge in [0.25, 0.3) is 0 Å². The zero-order chi connectivity index (χ0) is 15.5. The fourth-order valence-electron chi connectivity index (χ4n) is 2.91. The first-order valence-corrected chi connectivity index (χ1v) is 7.76. The number of primary amides is 1. The minimum Gasteiger partial charge on any atom is -0.491 e. The fraction of sp³-hybridized carbons (Fsp3) is 0.588. The maximum absolute atomic E-state index is 12.0. The molecule has 1 aromatic rings. The van der Waals surface area contributed by atoms with E-state index in [0.717, 1.165) is 24.2 Å². The van der Waals surface area contributed by atoms with Crippen LogP contribution in [0, 0.1) is 0 Å². The number of rotatable bonds is 6. The molecular formula is C17H26N2O2. The lowest BCUT2D eigenvalue weighted by Crippen LogP contribution is -2.53. The first-order valence-electron chi connectivity index (χ1n) is 7.76. The van der Waals surface area contributed by atoms with Crippen molar-refractivity contribution in [3.8, 4) is 5.75 Å². The highest BCUT2D eigenvalue weighted by atomic mass is 16.5. The molecule has 1 fully saturated rings. The number of nitrogens with one attached hydrogen (secondary N) is 1. The lowest BCUT2D eigenvalue weighted by molar-refractivity contribution is -0.124. The van der Waals surface area contributed by atoms with Crippen molar-refractivity contribution in [2.75, 3.05) is 0 Å². The Bertz CT molecular complexity index is 478. The van der Waals surface area contributed by atoms with Crippen molar-refractivity contribution in [3.05, 3.63) is 29.8 Å². The Hall–Kier alpha value is -1.55. The Balaban J connectivity index is 2.18. The van der Waals surface area contributed by atoms with Crippen LogP contribution in [-0.4, -0.2) is 18.1 Å². The van der Waals surface area contributed by atoms with Crippen LogP contribution in [0.3, 0.4) is 0 Å². The molecule has 1 atom stereocenters. The normalized spacial score (nSPS) is 18.7. The van der Waals surface area contributed by atoms with E-state index in [1.807, 2.05) is 45.0 Å². The second-order valence-electron chi connectivity index (χ2n) is 6.31. The minimum absolute atomic E-state index is 0.134. The third-order valence-corrected chi connectivity index (χ3v) is 4.14. The molecule has 1 unspecified atom stereocenters. The van der Waals surface area contributed by atoms with Crippen molar-refractivity contribution in [3.63, 3.8) is 0 Å². The molecule has 0 aromatic heterocycles. The molecular weight excluding hydrogens is 264 g/mol. The van der Waals surface area contributed by atoms with Crippen molar-refractivity contribution >= 4 is 5.91 Å². The Kier molecular flexibility index (Phi) is 4.88. The second-order valence-corrected chi connectivity index (χ2v) is 6.31. The van der Waals surface area contributed by atoms with Crippen LogP contribution in [0.5, 0.6) is 5.75 Å². The number of nitrogens with two attached hydrogens (primary N) is 1. The monoisotopic (exact) mass is 290 g/mol. The summed E-state index contributed by atoms with van der Waals surface area (Å²) in [6.45, 7) is 5.85. The summed E-state index contributed by atoms with van der Waals surface area (Å²) in [6, 6.07) is 8.00.